The molecule has 1 aromatic carbocycles. The fourth-order valence-corrected chi connectivity index (χ4v) is 1.71. The van der Waals surface area contributed by atoms with Crippen LogP contribution < -0.4 is 15.8 Å². The molecule has 1 amide bonds. The predicted molar refractivity (Wildman–Crippen MR) is 77.1 cm³/mol. The van der Waals surface area contributed by atoms with Gasteiger partial charge in [-0.25, -0.2) is 8.78 Å². The molecule has 21 heavy (non-hydrogen) atoms. The van der Waals surface area contributed by atoms with Crippen LogP contribution in [0.4, 0.5) is 8.78 Å². The molecule has 1 atom stereocenters. The summed E-state index contributed by atoms with van der Waals surface area (Å²) in [6.07, 6.45) is -0.605. The molecule has 0 aliphatic carbocycles. The van der Waals surface area contributed by atoms with Crippen molar-refractivity contribution in [2.45, 2.75) is 33.3 Å². The highest BCUT2D eigenvalue weighted by atomic mass is 19.1. The van der Waals surface area contributed by atoms with Crippen molar-refractivity contribution < 1.29 is 18.3 Å². The Morgan fingerprint density at radius 1 is 1.29 bits per heavy atom. The predicted octanol–water partition coefficient (Wildman–Crippen LogP) is 2.01. The Balaban J connectivity index is 2.76. The van der Waals surface area contributed by atoms with Crippen LogP contribution in [0.25, 0.3) is 0 Å². The van der Waals surface area contributed by atoms with Crippen molar-refractivity contribution in [1.29, 1.82) is 0 Å². The van der Waals surface area contributed by atoms with Crippen LogP contribution >= 0.6 is 0 Å². The van der Waals surface area contributed by atoms with Gasteiger partial charge in [0, 0.05) is 6.54 Å². The van der Waals surface area contributed by atoms with Crippen LogP contribution in [0.2, 0.25) is 0 Å². The number of amides is 1. The van der Waals surface area contributed by atoms with Crippen molar-refractivity contribution in [2.24, 2.45) is 11.7 Å². The number of carbonyl (C=O) groups excluding carboxylic acids is 1. The van der Waals surface area contributed by atoms with Crippen molar-refractivity contribution in [3.63, 3.8) is 0 Å². The Morgan fingerprint density at radius 3 is 2.33 bits per heavy atom. The number of hydrogen-bond acceptors (Lipinski definition) is 3. The highest BCUT2D eigenvalue weighted by Crippen LogP contribution is 2.24. The third kappa shape index (κ3) is 5.30. The summed E-state index contributed by atoms with van der Waals surface area (Å²) >= 11 is 0. The molecule has 1 rings (SSSR count). The van der Waals surface area contributed by atoms with Gasteiger partial charge in [0.15, 0.2) is 23.5 Å². The Hall–Kier alpha value is -1.69. The van der Waals surface area contributed by atoms with Gasteiger partial charge < -0.3 is 15.8 Å². The van der Waals surface area contributed by atoms with Crippen LogP contribution in [-0.2, 0) is 11.2 Å². The Bertz CT molecular complexity index is 470. The molecule has 0 aliphatic rings. The maximum atomic E-state index is 13.8. The smallest absolute Gasteiger partial charge is 0.260 e. The quantitative estimate of drug-likeness (QED) is 0.809. The molecule has 1 unspecified atom stereocenters. The van der Waals surface area contributed by atoms with Gasteiger partial charge in [-0.3, -0.25) is 4.79 Å². The van der Waals surface area contributed by atoms with E-state index in [1.807, 2.05) is 13.8 Å². The summed E-state index contributed by atoms with van der Waals surface area (Å²) in [4.78, 5) is 11.7. The fraction of sp³-hybridized carbons (Fsp3) is 0.533. The van der Waals surface area contributed by atoms with Crippen LogP contribution in [-0.4, -0.2) is 25.1 Å². The largest absolute Gasteiger partial charge is 0.475 e. The molecular formula is C15H22F2N2O2. The molecule has 118 valence electrons. The summed E-state index contributed by atoms with van der Waals surface area (Å²) in [5.74, 6) is -2.33. The third-order valence-electron chi connectivity index (χ3n) is 2.84. The first-order valence-corrected chi connectivity index (χ1v) is 6.97. The molecule has 0 spiro atoms. The minimum Gasteiger partial charge on any atom is -0.475 e. The van der Waals surface area contributed by atoms with E-state index in [-0.39, 0.29) is 5.92 Å². The van der Waals surface area contributed by atoms with Gasteiger partial charge in [0.25, 0.3) is 5.91 Å². The average Bonchev–Trinajstić information content (AvgIpc) is 2.40. The SMILES string of the molecule is CC(C)CNC(=O)C(C)Oc1c(F)cc(CCN)cc1F. The van der Waals surface area contributed by atoms with Crippen LogP contribution in [0.15, 0.2) is 12.1 Å². The topological polar surface area (TPSA) is 64.3 Å². The highest BCUT2D eigenvalue weighted by molar-refractivity contribution is 5.80. The molecule has 0 aromatic heterocycles. The Morgan fingerprint density at radius 2 is 1.86 bits per heavy atom. The molecule has 1 aromatic rings. The summed E-state index contributed by atoms with van der Waals surface area (Å²) < 4.78 is 32.8. The number of ether oxygens (including phenoxy) is 1. The zero-order valence-corrected chi connectivity index (χ0v) is 12.6. The van der Waals surface area contributed by atoms with Crippen LogP contribution in [0.1, 0.15) is 26.3 Å². The van der Waals surface area contributed by atoms with Crippen LogP contribution in [0.3, 0.4) is 0 Å². The van der Waals surface area contributed by atoms with E-state index in [4.69, 9.17) is 10.5 Å². The first kappa shape index (κ1) is 17.4. The van der Waals surface area contributed by atoms with E-state index in [1.165, 1.54) is 19.1 Å². The molecule has 0 saturated heterocycles. The summed E-state index contributed by atoms with van der Waals surface area (Å²) in [6.45, 7) is 6.12. The maximum Gasteiger partial charge on any atom is 0.260 e. The number of hydrogen-bond donors (Lipinski definition) is 2. The second-order valence-corrected chi connectivity index (χ2v) is 5.33. The molecule has 0 bridgehead atoms. The number of nitrogens with two attached hydrogens (primary N) is 1. The lowest BCUT2D eigenvalue weighted by atomic mass is 10.1. The molecule has 0 saturated carbocycles. The zero-order chi connectivity index (χ0) is 16.0. The van der Waals surface area contributed by atoms with E-state index in [0.717, 1.165) is 0 Å². The lowest BCUT2D eigenvalue weighted by Gasteiger charge is -2.17. The summed E-state index contributed by atoms with van der Waals surface area (Å²) in [5.41, 5.74) is 5.80. The van der Waals surface area contributed by atoms with Crippen molar-refractivity contribution in [3.8, 4) is 5.75 Å². The number of halogens is 2. The number of rotatable bonds is 7. The van der Waals surface area contributed by atoms with E-state index in [0.29, 0.717) is 25.1 Å². The second-order valence-electron chi connectivity index (χ2n) is 5.33. The van der Waals surface area contributed by atoms with Gasteiger partial charge in [-0.15, -0.1) is 0 Å². The highest BCUT2D eigenvalue weighted by Gasteiger charge is 2.20. The van der Waals surface area contributed by atoms with E-state index in [1.54, 1.807) is 0 Å². The van der Waals surface area contributed by atoms with Crippen molar-refractivity contribution >= 4 is 5.91 Å². The zero-order valence-electron chi connectivity index (χ0n) is 12.6. The molecule has 4 nitrogen and oxygen atoms in total. The molecule has 0 aliphatic heterocycles. The maximum absolute atomic E-state index is 13.8. The van der Waals surface area contributed by atoms with Gasteiger partial charge >= 0.3 is 0 Å². The van der Waals surface area contributed by atoms with Crippen molar-refractivity contribution in [1.82, 2.24) is 5.32 Å². The molecular weight excluding hydrogens is 278 g/mol. The lowest BCUT2D eigenvalue weighted by molar-refractivity contribution is -0.127. The monoisotopic (exact) mass is 300 g/mol. The van der Waals surface area contributed by atoms with E-state index in [9.17, 15) is 13.6 Å². The van der Waals surface area contributed by atoms with Crippen LogP contribution in [0, 0.1) is 17.6 Å². The fourth-order valence-electron chi connectivity index (χ4n) is 1.71. The first-order valence-electron chi connectivity index (χ1n) is 6.97. The summed E-state index contributed by atoms with van der Waals surface area (Å²) in [5, 5.41) is 2.65. The van der Waals surface area contributed by atoms with E-state index in [2.05, 4.69) is 5.32 Å². The summed E-state index contributed by atoms with van der Waals surface area (Å²) in [6, 6.07) is 2.34. The van der Waals surface area contributed by atoms with Gasteiger partial charge in [-0.05, 0) is 43.5 Å². The standard InChI is InChI=1S/C15H22F2N2O2/c1-9(2)8-19-15(20)10(3)21-14-12(16)6-11(4-5-18)7-13(14)17/h6-7,9-10H,4-5,8,18H2,1-3H3,(H,19,20). The number of carbonyl (C=O) groups is 1. The summed E-state index contributed by atoms with van der Waals surface area (Å²) in [7, 11) is 0. The molecule has 6 heteroatoms. The number of benzene rings is 1. The van der Waals surface area contributed by atoms with Gasteiger partial charge in [0.05, 0.1) is 0 Å². The average molecular weight is 300 g/mol. The second kappa shape index (κ2) is 7.93. The molecule has 0 heterocycles. The van der Waals surface area contributed by atoms with E-state index >= 15 is 0 Å². The van der Waals surface area contributed by atoms with Gasteiger partial charge in [-0.2, -0.15) is 0 Å². The minimum atomic E-state index is -0.979. The van der Waals surface area contributed by atoms with Gasteiger partial charge in [0.2, 0.25) is 0 Å². The number of nitrogens with one attached hydrogen (secondary N) is 1. The molecule has 0 fully saturated rings. The van der Waals surface area contributed by atoms with Crippen LogP contribution in [0.5, 0.6) is 5.75 Å². The molecule has 3 N–H and O–H groups in total. The minimum absolute atomic E-state index is 0.283. The molecule has 0 radical (unpaired) electrons. The first-order chi connectivity index (χ1) is 9.85. The van der Waals surface area contributed by atoms with E-state index < -0.39 is 29.4 Å². The van der Waals surface area contributed by atoms with Crippen molar-refractivity contribution in [2.75, 3.05) is 13.1 Å². The normalized spacial score (nSPS) is 12.3. The van der Waals surface area contributed by atoms with Crippen molar-refractivity contribution in [3.05, 3.63) is 29.3 Å². The van der Waals surface area contributed by atoms with Gasteiger partial charge in [0.1, 0.15) is 0 Å². The Kier molecular flexibility index (Phi) is 6.55. The Labute approximate surface area is 123 Å². The third-order valence-corrected chi connectivity index (χ3v) is 2.84. The lowest BCUT2D eigenvalue weighted by Crippen LogP contribution is -2.38. The van der Waals surface area contributed by atoms with Gasteiger partial charge in [-0.1, -0.05) is 13.8 Å².